The number of anilines is 1. The van der Waals surface area contributed by atoms with Crippen LogP contribution in [0.2, 0.25) is 0 Å². The molecule has 0 amide bonds. The van der Waals surface area contributed by atoms with Gasteiger partial charge in [-0.15, -0.1) is 5.10 Å². The van der Waals surface area contributed by atoms with Crippen LogP contribution in [0.4, 0.5) is 5.95 Å². The summed E-state index contributed by atoms with van der Waals surface area (Å²) in [6, 6.07) is 1.44. The van der Waals surface area contributed by atoms with Crippen molar-refractivity contribution < 1.29 is 0 Å². The van der Waals surface area contributed by atoms with E-state index in [1.54, 1.807) is 0 Å². The molecule has 2 bridgehead atoms. The van der Waals surface area contributed by atoms with Crippen molar-refractivity contribution in [3.8, 4) is 0 Å². The number of hydrogen-bond acceptors (Lipinski definition) is 4. The number of likely N-dealkylation sites (N-methyl/N-ethyl adjacent to an activating group) is 1. The van der Waals surface area contributed by atoms with Crippen molar-refractivity contribution in [2.75, 3.05) is 25.0 Å². The topological polar surface area (TPSA) is 40.1 Å². The molecule has 2 fully saturated rings. The van der Waals surface area contributed by atoms with Crippen molar-refractivity contribution in [2.45, 2.75) is 44.8 Å². The summed E-state index contributed by atoms with van der Waals surface area (Å²) >= 11 is 5.27. The van der Waals surface area contributed by atoms with Gasteiger partial charge in [-0.25, -0.2) is 5.10 Å². The highest BCUT2D eigenvalue weighted by Gasteiger charge is 2.35. The molecule has 2 unspecified atom stereocenters. The molecule has 2 aliphatic heterocycles. The molecular formula is C12H21N5S. The van der Waals surface area contributed by atoms with E-state index in [1.807, 2.05) is 0 Å². The molecule has 3 heterocycles. The van der Waals surface area contributed by atoms with Gasteiger partial charge in [0, 0.05) is 31.7 Å². The van der Waals surface area contributed by atoms with E-state index in [-0.39, 0.29) is 0 Å². The molecule has 1 N–H and O–H groups in total. The number of nitrogens with zero attached hydrogens (tertiary/aromatic N) is 4. The second kappa shape index (κ2) is 4.66. The lowest BCUT2D eigenvalue weighted by Gasteiger charge is -2.26. The minimum Gasteiger partial charge on any atom is -0.339 e. The lowest BCUT2D eigenvalue weighted by atomic mass is 10.1. The zero-order valence-corrected chi connectivity index (χ0v) is 11.9. The second-order valence-corrected chi connectivity index (χ2v) is 5.74. The van der Waals surface area contributed by atoms with Crippen LogP contribution < -0.4 is 4.90 Å². The van der Waals surface area contributed by atoms with Crippen LogP contribution in [0.3, 0.4) is 0 Å². The molecule has 0 spiro atoms. The van der Waals surface area contributed by atoms with Gasteiger partial charge >= 0.3 is 0 Å². The van der Waals surface area contributed by atoms with E-state index >= 15 is 0 Å². The number of aromatic amines is 1. The third kappa shape index (κ3) is 1.87. The fourth-order valence-electron chi connectivity index (χ4n) is 3.33. The highest BCUT2D eigenvalue weighted by Crippen LogP contribution is 2.30. The van der Waals surface area contributed by atoms with Gasteiger partial charge in [-0.05, 0) is 45.5 Å². The second-order valence-electron chi connectivity index (χ2n) is 5.36. The molecule has 0 radical (unpaired) electrons. The largest absolute Gasteiger partial charge is 0.339 e. The maximum atomic E-state index is 5.27. The first-order valence-electron chi connectivity index (χ1n) is 6.82. The lowest BCUT2D eigenvalue weighted by Crippen LogP contribution is -2.37. The Morgan fingerprint density at radius 3 is 2.89 bits per heavy atom. The minimum atomic E-state index is 0.674. The Balaban J connectivity index is 1.87. The first-order valence-corrected chi connectivity index (χ1v) is 7.23. The fourth-order valence-corrected chi connectivity index (χ4v) is 3.58. The van der Waals surface area contributed by atoms with Gasteiger partial charge < -0.3 is 4.90 Å². The number of fused-ring (bicyclic) bond motifs is 2. The van der Waals surface area contributed by atoms with Crippen LogP contribution in [0.25, 0.3) is 0 Å². The first-order chi connectivity index (χ1) is 8.70. The SMILES string of the molecule is CCn1c(N2CCC3CCC(C2)N3C)n[nH]c1=S. The van der Waals surface area contributed by atoms with Gasteiger partial charge in [0.15, 0.2) is 4.77 Å². The Labute approximate surface area is 113 Å². The fraction of sp³-hybridized carbons (Fsp3) is 0.833. The summed E-state index contributed by atoms with van der Waals surface area (Å²) in [6.07, 6.45) is 3.90. The predicted molar refractivity (Wildman–Crippen MR) is 74.5 cm³/mol. The zero-order chi connectivity index (χ0) is 12.7. The summed E-state index contributed by atoms with van der Waals surface area (Å²) in [7, 11) is 2.27. The molecule has 0 aromatic carbocycles. The highest BCUT2D eigenvalue weighted by molar-refractivity contribution is 7.71. The van der Waals surface area contributed by atoms with Crippen molar-refractivity contribution in [3.63, 3.8) is 0 Å². The lowest BCUT2D eigenvalue weighted by molar-refractivity contribution is 0.254. The molecule has 18 heavy (non-hydrogen) atoms. The molecule has 5 nitrogen and oxygen atoms in total. The molecule has 1 aromatic rings. The Morgan fingerprint density at radius 1 is 1.33 bits per heavy atom. The van der Waals surface area contributed by atoms with Crippen molar-refractivity contribution in [1.29, 1.82) is 0 Å². The Morgan fingerprint density at radius 2 is 2.11 bits per heavy atom. The van der Waals surface area contributed by atoms with Gasteiger partial charge in [-0.1, -0.05) is 0 Å². The van der Waals surface area contributed by atoms with Crippen molar-refractivity contribution in [2.24, 2.45) is 0 Å². The number of rotatable bonds is 2. The van der Waals surface area contributed by atoms with Crippen LogP contribution in [0.1, 0.15) is 26.2 Å². The quantitative estimate of drug-likeness (QED) is 0.827. The van der Waals surface area contributed by atoms with Crippen molar-refractivity contribution in [3.05, 3.63) is 4.77 Å². The average Bonchev–Trinajstić information content (AvgIpc) is 2.81. The normalized spacial score (nSPS) is 28.7. The average molecular weight is 267 g/mol. The standard InChI is InChI=1S/C12H21N5S/c1-3-17-11(13-14-12(17)18)16-7-6-9-4-5-10(8-16)15(9)2/h9-10H,3-8H2,1-2H3,(H,14,18). The summed E-state index contributed by atoms with van der Waals surface area (Å²) < 4.78 is 2.82. The Bertz CT molecular complexity index is 479. The van der Waals surface area contributed by atoms with Gasteiger partial charge in [0.2, 0.25) is 5.95 Å². The van der Waals surface area contributed by atoms with Gasteiger partial charge in [0.05, 0.1) is 0 Å². The van der Waals surface area contributed by atoms with Crippen molar-refractivity contribution >= 4 is 18.2 Å². The zero-order valence-electron chi connectivity index (χ0n) is 11.1. The molecule has 2 saturated heterocycles. The molecule has 3 rings (SSSR count). The van der Waals surface area contributed by atoms with E-state index in [9.17, 15) is 0 Å². The van der Waals surface area contributed by atoms with Gasteiger partial charge in [0.25, 0.3) is 0 Å². The summed E-state index contributed by atoms with van der Waals surface area (Å²) in [6.45, 7) is 5.16. The van der Waals surface area contributed by atoms with Crippen LogP contribution in [0.15, 0.2) is 0 Å². The van der Waals surface area contributed by atoms with Gasteiger partial charge in [0.1, 0.15) is 0 Å². The molecule has 6 heteroatoms. The Kier molecular flexibility index (Phi) is 3.15. The third-order valence-corrected chi connectivity index (χ3v) is 4.80. The predicted octanol–water partition coefficient (Wildman–Crippen LogP) is 1.63. The van der Waals surface area contributed by atoms with E-state index in [0.717, 1.165) is 36.4 Å². The number of H-pyrrole nitrogens is 1. The number of aromatic nitrogens is 3. The van der Waals surface area contributed by atoms with Crippen LogP contribution in [-0.2, 0) is 6.54 Å². The minimum absolute atomic E-state index is 0.674. The Hall–Kier alpha value is -0.880. The summed E-state index contributed by atoms with van der Waals surface area (Å²) in [5.41, 5.74) is 0. The van der Waals surface area contributed by atoms with Gasteiger partial charge in [-0.2, -0.15) is 0 Å². The first kappa shape index (κ1) is 12.2. The van der Waals surface area contributed by atoms with Crippen LogP contribution in [0, 0.1) is 4.77 Å². The van der Waals surface area contributed by atoms with E-state index in [2.05, 4.69) is 38.5 Å². The summed E-state index contributed by atoms with van der Waals surface area (Å²) in [5, 5.41) is 7.34. The summed E-state index contributed by atoms with van der Waals surface area (Å²) in [5.74, 6) is 1.02. The molecule has 2 atom stereocenters. The smallest absolute Gasteiger partial charge is 0.225 e. The number of nitrogens with one attached hydrogen (secondary N) is 1. The van der Waals surface area contributed by atoms with Crippen LogP contribution in [-0.4, -0.2) is 51.9 Å². The van der Waals surface area contributed by atoms with Crippen LogP contribution >= 0.6 is 12.2 Å². The highest BCUT2D eigenvalue weighted by atomic mass is 32.1. The third-order valence-electron chi connectivity index (χ3n) is 4.49. The van der Waals surface area contributed by atoms with E-state index in [0.29, 0.717) is 6.04 Å². The maximum Gasteiger partial charge on any atom is 0.225 e. The molecule has 1 aromatic heterocycles. The van der Waals surface area contributed by atoms with Crippen LogP contribution in [0.5, 0.6) is 0 Å². The summed E-state index contributed by atoms with van der Waals surface area (Å²) in [4.78, 5) is 4.95. The maximum absolute atomic E-state index is 5.27. The van der Waals surface area contributed by atoms with Crippen molar-refractivity contribution in [1.82, 2.24) is 19.7 Å². The molecule has 0 aliphatic carbocycles. The van der Waals surface area contributed by atoms with E-state index < -0.39 is 0 Å². The molecule has 100 valence electrons. The molecule has 2 aliphatic rings. The molecular weight excluding hydrogens is 246 g/mol. The monoisotopic (exact) mass is 267 g/mol. The van der Waals surface area contributed by atoms with Gasteiger partial charge in [-0.3, -0.25) is 9.47 Å². The van der Waals surface area contributed by atoms with E-state index in [4.69, 9.17) is 12.2 Å². The van der Waals surface area contributed by atoms with E-state index in [1.165, 1.54) is 19.3 Å². The number of hydrogen-bond donors (Lipinski definition) is 1. The molecule has 0 saturated carbocycles.